The van der Waals surface area contributed by atoms with Crippen LogP contribution in [0.1, 0.15) is 5.56 Å². The van der Waals surface area contributed by atoms with Gasteiger partial charge in [-0.05, 0) is 24.3 Å². The van der Waals surface area contributed by atoms with E-state index in [1.54, 1.807) is 16.9 Å². The third kappa shape index (κ3) is 1.87. The highest BCUT2D eigenvalue weighted by molar-refractivity contribution is 6.00. The Bertz CT molecular complexity index is 810. The number of nitrogens with zero attached hydrogens (tertiary/aromatic N) is 3. The summed E-state index contributed by atoms with van der Waals surface area (Å²) in [5.74, 6) is -0.633. The van der Waals surface area contributed by atoms with E-state index in [9.17, 15) is 4.39 Å². The van der Waals surface area contributed by atoms with Gasteiger partial charge in [0.15, 0.2) is 5.84 Å². The number of oxime groups is 1. The van der Waals surface area contributed by atoms with Crippen molar-refractivity contribution < 1.29 is 9.60 Å². The predicted octanol–water partition coefficient (Wildman–Crippen LogP) is 2.26. The highest BCUT2D eigenvalue weighted by Gasteiger charge is 2.13. The lowest BCUT2D eigenvalue weighted by molar-refractivity contribution is 0.318. The SMILES string of the molecule is NC(=NO)c1cc(F)ccc1-n1ncc2ccccc21. The van der Waals surface area contributed by atoms with E-state index in [4.69, 9.17) is 10.9 Å². The number of para-hydroxylation sites is 1. The number of rotatable bonds is 2. The van der Waals surface area contributed by atoms with Gasteiger partial charge in [0, 0.05) is 10.9 Å². The summed E-state index contributed by atoms with van der Waals surface area (Å²) in [6.07, 6.45) is 1.70. The maximum atomic E-state index is 13.4. The molecule has 0 aliphatic rings. The lowest BCUT2D eigenvalue weighted by Crippen LogP contribution is -2.17. The van der Waals surface area contributed by atoms with Crippen LogP contribution in [0.5, 0.6) is 0 Å². The Morgan fingerprint density at radius 1 is 1.25 bits per heavy atom. The van der Waals surface area contributed by atoms with E-state index >= 15 is 0 Å². The average Bonchev–Trinajstić information content (AvgIpc) is 2.90. The first kappa shape index (κ1) is 12.2. The molecule has 0 saturated carbocycles. The van der Waals surface area contributed by atoms with Crippen molar-refractivity contribution in [2.45, 2.75) is 0 Å². The normalized spacial score (nSPS) is 11.9. The van der Waals surface area contributed by atoms with Crippen molar-refractivity contribution in [2.24, 2.45) is 10.9 Å². The van der Waals surface area contributed by atoms with Crippen molar-refractivity contribution >= 4 is 16.7 Å². The highest BCUT2D eigenvalue weighted by atomic mass is 19.1. The molecule has 0 spiro atoms. The maximum Gasteiger partial charge on any atom is 0.172 e. The molecule has 1 heterocycles. The minimum Gasteiger partial charge on any atom is -0.409 e. The zero-order valence-corrected chi connectivity index (χ0v) is 10.4. The lowest BCUT2D eigenvalue weighted by atomic mass is 10.1. The van der Waals surface area contributed by atoms with E-state index in [-0.39, 0.29) is 11.4 Å². The van der Waals surface area contributed by atoms with Crippen molar-refractivity contribution in [2.75, 3.05) is 0 Å². The van der Waals surface area contributed by atoms with E-state index in [1.807, 2.05) is 24.3 Å². The molecule has 6 heteroatoms. The number of amidine groups is 1. The van der Waals surface area contributed by atoms with Crippen LogP contribution in [0.25, 0.3) is 16.6 Å². The van der Waals surface area contributed by atoms with Gasteiger partial charge >= 0.3 is 0 Å². The zero-order valence-electron chi connectivity index (χ0n) is 10.4. The van der Waals surface area contributed by atoms with E-state index in [2.05, 4.69) is 10.3 Å². The van der Waals surface area contributed by atoms with Crippen molar-refractivity contribution in [3.63, 3.8) is 0 Å². The minimum absolute atomic E-state index is 0.168. The number of fused-ring (bicyclic) bond motifs is 1. The van der Waals surface area contributed by atoms with Crippen LogP contribution in [0.2, 0.25) is 0 Å². The molecule has 0 saturated heterocycles. The minimum atomic E-state index is -0.466. The van der Waals surface area contributed by atoms with Crippen LogP contribution in [-0.2, 0) is 0 Å². The summed E-state index contributed by atoms with van der Waals surface area (Å²) in [5, 5.41) is 17.0. The summed E-state index contributed by atoms with van der Waals surface area (Å²) in [5.41, 5.74) is 7.28. The second-order valence-electron chi connectivity index (χ2n) is 4.26. The summed E-state index contributed by atoms with van der Waals surface area (Å²) >= 11 is 0. The van der Waals surface area contributed by atoms with Gasteiger partial charge in [-0.1, -0.05) is 23.4 Å². The maximum absolute atomic E-state index is 13.4. The van der Waals surface area contributed by atoms with Crippen LogP contribution in [0.15, 0.2) is 53.8 Å². The van der Waals surface area contributed by atoms with Crippen LogP contribution in [0.3, 0.4) is 0 Å². The lowest BCUT2D eigenvalue weighted by Gasteiger charge is -2.09. The van der Waals surface area contributed by atoms with Gasteiger partial charge in [0.25, 0.3) is 0 Å². The number of halogens is 1. The summed E-state index contributed by atoms with van der Waals surface area (Å²) < 4.78 is 15.0. The van der Waals surface area contributed by atoms with Crippen LogP contribution >= 0.6 is 0 Å². The molecule has 0 radical (unpaired) electrons. The molecular weight excluding hydrogens is 259 g/mol. The van der Waals surface area contributed by atoms with E-state index < -0.39 is 5.82 Å². The van der Waals surface area contributed by atoms with Crippen molar-refractivity contribution in [1.82, 2.24) is 9.78 Å². The van der Waals surface area contributed by atoms with Gasteiger partial charge in [-0.3, -0.25) is 0 Å². The number of hydrogen-bond acceptors (Lipinski definition) is 3. The quantitative estimate of drug-likeness (QED) is 0.324. The topological polar surface area (TPSA) is 76.4 Å². The molecule has 1 aromatic heterocycles. The Morgan fingerprint density at radius 3 is 2.85 bits per heavy atom. The molecule has 2 aromatic carbocycles. The molecule has 3 N–H and O–H groups in total. The first-order chi connectivity index (χ1) is 9.70. The second-order valence-corrected chi connectivity index (χ2v) is 4.26. The summed E-state index contributed by atoms with van der Waals surface area (Å²) in [6, 6.07) is 11.7. The van der Waals surface area contributed by atoms with E-state index in [0.29, 0.717) is 5.69 Å². The van der Waals surface area contributed by atoms with Gasteiger partial charge in [-0.15, -0.1) is 0 Å². The van der Waals surface area contributed by atoms with Gasteiger partial charge in [0.2, 0.25) is 0 Å². The Labute approximate surface area is 113 Å². The van der Waals surface area contributed by atoms with Gasteiger partial charge in [-0.2, -0.15) is 5.10 Å². The van der Waals surface area contributed by atoms with Crippen molar-refractivity contribution in [3.05, 3.63) is 60.0 Å². The summed E-state index contributed by atoms with van der Waals surface area (Å²) in [7, 11) is 0. The van der Waals surface area contributed by atoms with Crippen LogP contribution in [0.4, 0.5) is 4.39 Å². The van der Waals surface area contributed by atoms with Crippen LogP contribution < -0.4 is 5.73 Å². The molecule has 20 heavy (non-hydrogen) atoms. The fourth-order valence-corrected chi connectivity index (χ4v) is 2.12. The molecule has 0 fully saturated rings. The fourth-order valence-electron chi connectivity index (χ4n) is 2.12. The van der Waals surface area contributed by atoms with Gasteiger partial charge in [0.05, 0.1) is 17.4 Å². The molecule has 3 rings (SSSR count). The first-order valence-corrected chi connectivity index (χ1v) is 5.91. The second kappa shape index (κ2) is 4.65. The summed E-state index contributed by atoms with van der Waals surface area (Å²) in [4.78, 5) is 0. The molecule has 5 nitrogen and oxygen atoms in total. The molecular formula is C14H11FN4O. The number of nitrogens with two attached hydrogens (primary N) is 1. The highest BCUT2D eigenvalue weighted by Crippen LogP contribution is 2.21. The van der Waals surface area contributed by atoms with E-state index in [1.165, 1.54) is 12.1 Å². The molecule has 0 amide bonds. The fraction of sp³-hybridized carbons (Fsp3) is 0. The Kier molecular flexibility index (Phi) is 2.83. The standard InChI is InChI=1S/C14H11FN4O/c15-10-5-6-13(11(7-10)14(16)18-20)19-12-4-2-1-3-9(12)8-17-19/h1-8,20H,(H2,16,18). The largest absolute Gasteiger partial charge is 0.409 e. The zero-order chi connectivity index (χ0) is 14.1. The molecule has 0 aliphatic carbocycles. The van der Waals surface area contributed by atoms with Gasteiger partial charge < -0.3 is 10.9 Å². The third-order valence-electron chi connectivity index (χ3n) is 3.05. The predicted molar refractivity (Wildman–Crippen MR) is 73.5 cm³/mol. The molecule has 0 aliphatic heterocycles. The van der Waals surface area contributed by atoms with Gasteiger partial charge in [-0.25, -0.2) is 9.07 Å². The van der Waals surface area contributed by atoms with E-state index in [0.717, 1.165) is 10.9 Å². The smallest absolute Gasteiger partial charge is 0.172 e. The molecule has 0 bridgehead atoms. The Balaban J connectivity index is 2.29. The molecule has 100 valence electrons. The van der Waals surface area contributed by atoms with Crippen LogP contribution in [0, 0.1) is 5.82 Å². The third-order valence-corrected chi connectivity index (χ3v) is 3.05. The van der Waals surface area contributed by atoms with Crippen LogP contribution in [-0.4, -0.2) is 20.8 Å². The van der Waals surface area contributed by atoms with Gasteiger partial charge in [0.1, 0.15) is 5.82 Å². The Morgan fingerprint density at radius 2 is 2.05 bits per heavy atom. The van der Waals surface area contributed by atoms with Crippen molar-refractivity contribution in [3.8, 4) is 5.69 Å². The molecule has 0 unspecified atom stereocenters. The summed E-state index contributed by atoms with van der Waals surface area (Å²) in [6.45, 7) is 0. The Hall–Kier alpha value is -2.89. The van der Waals surface area contributed by atoms with Crippen molar-refractivity contribution in [1.29, 1.82) is 0 Å². The number of benzene rings is 2. The number of aromatic nitrogens is 2. The first-order valence-electron chi connectivity index (χ1n) is 5.91. The molecule has 0 atom stereocenters. The number of hydrogen-bond donors (Lipinski definition) is 2. The molecule has 3 aromatic rings. The average molecular weight is 270 g/mol. The monoisotopic (exact) mass is 270 g/mol.